The molecule has 17 heavy (non-hydrogen) atoms. The van der Waals surface area contributed by atoms with Crippen LogP contribution < -0.4 is 29.6 Å². The fraction of sp³-hybridized carbons (Fsp3) is 1.00. The van der Waals surface area contributed by atoms with Crippen molar-refractivity contribution < 1.29 is 54.4 Å². The van der Waals surface area contributed by atoms with Gasteiger partial charge in [0.25, 0.3) is 0 Å². The molecular weight excluding hydrogens is 255 g/mol. The van der Waals surface area contributed by atoms with Gasteiger partial charge >= 0.3 is 29.6 Å². The zero-order valence-corrected chi connectivity index (χ0v) is 13.7. The van der Waals surface area contributed by atoms with Crippen LogP contribution in [0.5, 0.6) is 0 Å². The maximum absolute atomic E-state index is 10.3. The van der Waals surface area contributed by atoms with E-state index in [0.717, 1.165) is 19.3 Å². The minimum atomic E-state index is -2.32. The molecule has 0 amide bonds. The van der Waals surface area contributed by atoms with E-state index >= 15 is 0 Å². The van der Waals surface area contributed by atoms with Gasteiger partial charge in [-0.25, -0.2) is 0 Å². The van der Waals surface area contributed by atoms with Crippen LogP contribution in [0.25, 0.3) is 0 Å². The summed E-state index contributed by atoms with van der Waals surface area (Å²) in [7, 11) is 0. The summed E-state index contributed by atoms with van der Waals surface area (Å²) in [6, 6.07) is 0. The van der Waals surface area contributed by atoms with Gasteiger partial charge in [0, 0.05) is 0 Å². The Morgan fingerprint density at radius 2 is 1.47 bits per heavy atom. The molecule has 0 saturated carbocycles. The zero-order valence-electron chi connectivity index (χ0n) is 10.9. The molecule has 102 valence electrons. The van der Waals surface area contributed by atoms with Crippen LogP contribution >= 0.6 is 0 Å². The van der Waals surface area contributed by atoms with Crippen LogP contribution in [0.2, 0.25) is 0 Å². The van der Waals surface area contributed by atoms with Gasteiger partial charge in [0.1, 0.15) is 5.44 Å². The maximum atomic E-state index is 10.3. The molecule has 5 N–H and O–H groups in total. The van der Waals surface area contributed by atoms with Crippen LogP contribution in [-0.2, 0) is 11.1 Å². The third-order valence-corrected chi connectivity index (χ3v) is 2.96. The molecule has 0 aliphatic carbocycles. The Labute approximate surface area is 129 Å². The van der Waals surface area contributed by atoms with E-state index in [9.17, 15) is 8.76 Å². The first-order valence-corrected chi connectivity index (χ1v) is 6.58. The number of rotatable bonds is 9. The standard InChI is InChI=1S/C10H22O3S.Na.2H2O/c1-2-3-4-5-6-7-8-9-10(11)14(12)13;;;/h10-11H,2-9H2,1H3,(H,12,13);;2*1H2/q;+1;;/p-1. The first-order chi connectivity index (χ1) is 6.68. The Morgan fingerprint density at radius 1 is 1.06 bits per heavy atom. The Hall–Kier alpha value is 0.990. The molecular formula is C10H25NaO5S. The quantitative estimate of drug-likeness (QED) is 0.289. The van der Waals surface area contributed by atoms with E-state index in [1.54, 1.807) is 0 Å². The van der Waals surface area contributed by atoms with Gasteiger partial charge in [0.05, 0.1) is 0 Å². The first kappa shape index (κ1) is 26.5. The molecule has 2 atom stereocenters. The number of hydrogen-bond acceptors (Lipinski definition) is 3. The van der Waals surface area contributed by atoms with Crippen LogP contribution in [0, 0.1) is 0 Å². The van der Waals surface area contributed by atoms with E-state index in [1.807, 2.05) is 0 Å². The van der Waals surface area contributed by atoms with Crippen molar-refractivity contribution in [3.05, 3.63) is 0 Å². The molecule has 0 aromatic carbocycles. The fourth-order valence-electron chi connectivity index (χ4n) is 1.37. The molecule has 7 heteroatoms. The Morgan fingerprint density at radius 3 is 1.88 bits per heavy atom. The molecule has 0 aromatic rings. The van der Waals surface area contributed by atoms with Crippen molar-refractivity contribution in [2.24, 2.45) is 0 Å². The van der Waals surface area contributed by atoms with Gasteiger partial charge in [0.15, 0.2) is 0 Å². The maximum Gasteiger partial charge on any atom is 1.00 e. The van der Waals surface area contributed by atoms with Crippen LogP contribution in [0.15, 0.2) is 0 Å². The molecule has 0 radical (unpaired) electrons. The van der Waals surface area contributed by atoms with E-state index < -0.39 is 16.5 Å². The summed E-state index contributed by atoms with van der Waals surface area (Å²) in [4.78, 5) is 0. The van der Waals surface area contributed by atoms with Crippen molar-refractivity contribution in [3.63, 3.8) is 0 Å². The minimum Gasteiger partial charge on any atom is -0.770 e. The van der Waals surface area contributed by atoms with Gasteiger partial charge < -0.3 is 20.6 Å². The van der Waals surface area contributed by atoms with Gasteiger partial charge in [-0.1, -0.05) is 45.4 Å². The van der Waals surface area contributed by atoms with E-state index in [1.165, 1.54) is 25.7 Å². The molecule has 0 bridgehead atoms. The molecule has 0 rings (SSSR count). The Kier molecular flexibility index (Phi) is 30.2. The van der Waals surface area contributed by atoms with Crippen molar-refractivity contribution in [3.8, 4) is 0 Å². The molecule has 0 spiro atoms. The molecule has 0 aliphatic heterocycles. The molecule has 0 heterocycles. The van der Waals surface area contributed by atoms with Crippen LogP contribution in [0.3, 0.4) is 0 Å². The van der Waals surface area contributed by atoms with E-state index in [2.05, 4.69) is 6.92 Å². The predicted octanol–water partition coefficient (Wildman–Crippen LogP) is -2.32. The van der Waals surface area contributed by atoms with Crippen molar-refractivity contribution in [2.45, 2.75) is 63.7 Å². The summed E-state index contributed by atoms with van der Waals surface area (Å²) >= 11 is -2.32. The second kappa shape index (κ2) is 19.3. The third kappa shape index (κ3) is 19.5. The van der Waals surface area contributed by atoms with Crippen molar-refractivity contribution in [1.82, 2.24) is 0 Å². The van der Waals surface area contributed by atoms with Gasteiger partial charge in [0.2, 0.25) is 0 Å². The summed E-state index contributed by atoms with van der Waals surface area (Å²) in [5, 5.41) is 8.95. The smallest absolute Gasteiger partial charge is 0.770 e. The summed E-state index contributed by atoms with van der Waals surface area (Å²) in [6.07, 6.45) is 8.39. The van der Waals surface area contributed by atoms with E-state index in [-0.39, 0.29) is 40.5 Å². The van der Waals surface area contributed by atoms with Crippen LogP contribution in [-0.4, -0.2) is 30.3 Å². The summed E-state index contributed by atoms with van der Waals surface area (Å²) in [5.74, 6) is 0. The predicted molar refractivity (Wildman–Crippen MR) is 64.8 cm³/mol. The molecule has 0 aromatic heterocycles. The largest absolute Gasteiger partial charge is 1.00 e. The van der Waals surface area contributed by atoms with Gasteiger partial charge in [-0.3, -0.25) is 4.21 Å². The molecule has 0 saturated heterocycles. The molecule has 0 aliphatic rings. The molecule has 0 fully saturated rings. The van der Waals surface area contributed by atoms with Crippen molar-refractivity contribution in [2.75, 3.05) is 0 Å². The Balaban J connectivity index is -0.000000282. The normalized spacial score (nSPS) is 12.6. The average molecular weight is 280 g/mol. The second-order valence-electron chi connectivity index (χ2n) is 3.63. The van der Waals surface area contributed by atoms with E-state index in [4.69, 9.17) is 5.11 Å². The summed E-state index contributed by atoms with van der Waals surface area (Å²) in [6.45, 7) is 2.18. The zero-order chi connectivity index (χ0) is 10.8. The van der Waals surface area contributed by atoms with Crippen molar-refractivity contribution in [1.29, 1.82) is 0 Å². The number of aliphatic hydroxyl groups excluding tert-OH is 1. The van der Waals surface area contributed by atoms with Crippen LogP contribution in [0.4, 0.5) is 0 Å². The number of aliphatic hydroxyl groups is 1. The second-order valence-corrected chi connectivity index (χ2v) is 4.69. The van der Waals surface area contributed by atoms with Gasteiger partial charge in [-0.05, 0) is 23.9 Å². The first-order valence-electron chi connectivity index (χ1n) is 5.44. The summed E-state index contributed by atoms with van der Waals surface area (Å²) in [5.41, 5.74) is -1.16. The number of hydrogen-bond donors (Lipinski definition) is 1. The number of unbranched alkanes of at least 4 members (excludes halogenated alkanes) is 6. The van der Waals surface area contributed by atoms with Gasteiger partial charge in [-0.2, -0.15) is 0 Å². The molecule has 5 nitrogen and oxygen atoms in total. The van der Waals surface area contributed by atoms with Crippen LogP contribution in [0.1, 0.15) is 58.3 Å². The monoisotopic (exact) mass is 280 g/mol. The van der Waals surface area contributed by atoms with Crippen molar-refractivity contribution >= 4 is 11.1 Å². The summed E-state index contributed by atoms with van der Waals surface area (Å²) < 4.78 is 20.5. The topological polar surface area (TPSA) is 123 Å². The third-order valence-electron chi connectivity index (χ3n) is 2.28. The fourth-order valence-corrected chi connectivity index (χ4v) is 1.73. The Bertz CT molecular complexity index is 160. The van der Waals surface area contributed by atoms with Gasteiger partial charge in [-0.15, -0.1) is 0 Å². The SMILES string of the molecule is CCCCCCCCCC(O)S(=O)[O-].O.O.[Na+]. The molecule has 2 unspecified atom stereocenters. The minimum absolute atomic E-state index is 0. The average Bonchev–Trinajstić information content (AvgIpc) is 2.16. The van der Waals surface area contributed by atoms with E-state index in [0.29, 0.717) is 6.42 Å².